The minimum Gasteiger partial charge on any atom is -0.464 e. The smallest absolute Gasteiger partial charge is 0.357 e. The van der Waals surface area contributed by atoms with Crippen molar-refractivity contribution in [1.29, 1.82) is 0 Å². The Kier molecular flexibility index (Phi) is 3.68. The molecule has 5 nitrogen and oxygen atoms in total. The van der Waals surface area contributed by atoms with E-state index >= 15 is 0 Å². The Morgan fingerprint density at radius 1 is 1.47 bits per heavy atom. The summed E-state index contributed by atoms with van der Waals surface area (Å²) >= 11 is 0. The maximum absolute atomic E-state index is 11.7. The molecule has 1 aromatic rings. The van der Waals surface area contributed by atoms with Crippen LogP contribution in [0.3, 0.4) is 0 Å². The molecule has 0 fully saturated rings. The Bertz CT molecular complexity index is 432. The highest BCUT2D eigenvalue weighted by Crippen LogP contribution is 2.17. The van der Waals surface area contributed by atoms with Crippen LogP contribution >= 0.6 is 0 Å². The molecule has 1 aliphatic heterocycles. The van der Waals surface area contributed by atoms with Gasteiger partial charge in [0.25, 0.3) is 0 Å². The molecule has 0 saturated carbocycles. The first-order valence-electron chi connectivity index (χ1n) is 5.94. The van der Waals surface area contributed by atoms with Crippen LogP contribution < -0.4 is 5.32 Å². The number of carbonyl (C=O) groups excluding carboxylic acids is 1. The summed E-state index contributed by atoms with van der Waals surface area (Å²) in [6.45, 7) is 3.63. The normalized spacial score (nSPS) is 14.2. The zero-order valence-electron chi connectivity index (χ0n) is 10.2. The van der Waals surface area contributed by atoms with Gasteiger partial charge in [0.2, 0.25) is 0 Å². The summed E-state index contributed by atoms with van der Waals surface area (Å²) in [7, 11) is 1.39. The highest BCUT2D eigenvalue weighted by atomic mass is 16.5. The van der Waals surface area contributed by atoms with E-state index < -0.39 is 0 Å². The number of rotatable bonds is 3. The fourth-order valence-electron chi connectivity index (χ4n) is 2.01. The van der Waals surface area contributed by atoms with Gasteiger partial charge in [-0.05, 0) is 19.4 Å². The molecular formula is C12H17N3O2. The maximum Gasteiger partial charge on any atom is 0.357 e. The number of carbonyl (C=O) groups is 1. The molecule has 5 heteroatoms. The average molecular weight is 235 g/mol. The molecule has 0 bridgehead atoms. The predicted octanol–water partition coefficient (Wildman–Crippen LogP) is 0.861. The lowest BCUT2D eigenvalue weighted by Crippen LogP contribution is -2.28. The van der Waals surface area contributed by atoms with Gasteiger partial charge in [0.05, 0.1) is 12.8 Å². The number of esters is 1. The molecule has 0 amide bonds. The Morgan fingerprint density at radius 2 is 2.29 bits per heavy atom. The van der Waals surface area contributed by atoms with Crippen molar-refractivity contribution in [3.8, 4) is 0 Å². The molecule has 17 heavy (non-hydrogen) atoms. The van der Waals surface area contributed by atoms with Gasteiger partial charge >= 0.3 is 5.97 Å². The molecule has 1 aromatic heterocycles. The van der Waals surface area contributed by atoms with Gasteiger partial charge in [0.1, 0.15) is 5.82 Å². The lowest BCUT2D eigenvalue weighted by molar-refractivity contribution is 0.0591. The molecule has 0 aliphatic carbocycles. The number of hydrogen-bond acceptors (Lipinski definition) is 5. The fraction of sp³-hybridized carbons (Fsp3) is 0.583. The Balaban J connectivity index is 2.46. The molecule has 1 aliphatic rings. The van der Waals surface area contributed by atoms with Crippen LogP contribution in [0.5, 0.6) is 0 Å². The number of nitrogens with one attached hydrogen (secondary N) is 1. The number of aryl methyl sites for hydroxylation is 1. The fourth-order valence-corrected chi connectivity index (χ4v) is 2.01. The van der Waals surface area contributed by atoms with Crippen LogP contribution in [0.25, 0.3) is 0 Å². The van der Waals surface area contributed by atoms with Crippen molar-refractivity contribution in [3.05, 3.63) is 22.8 Å². The number of nitrogens with zero attached hydrogens (tertiary/aromatic N) is 2. The van der Waals surface area contributed by atoms with Crippen LogP contribution in [0, 0.1) is 0 Å². The topological polar surface area (TPSA) is 64.1 Å². The molecule has 92 valence electrons. The van der Waals surface area contributed by atoms with Crippen molar-refractivity contribution < 1.29 is 9.53 Å². The average Bonchev–Trinajstić information content (AvgIpc) is 2.37. The van der Waals surface area contributed by atoms with E-state index in [1.807, 2.05) is 0 Å². The summed E-state index contributed by atoms with van der Waals surface area (Å²) in [5, 5.41) is 3.25. The first-order chi connectivity index (χ1) is 8.26. The van der Waals surface area contributed by atoms with Crippen molar-refractivity contribution in [2.75, 3.05) is 13.7 Å². The molecule has 2 rings (SSSR count). The summed E-state index contributed by atoms with van der Waals surface area (Å²) in [5.41, 5.74) is 2.33. The van der Waals surface area contributed by atoms with Crippen molar-refractivity contribution >= 4 is 5.97 Å². The van der Waals surface area contributed by atoms with E-state index in [4.69, 9.17) is 4.74 Å². The van der Waals surface area contributed by atoms with E-state index in [1.165, 1.54) is 7.11 Å². The van der Waals surface area contributed by atoms with Crippen molar-refractivity contribution in [2.24, 2.45) is 0 Å². The first kappa shape index (κ1) is 12.0. The van der Waals surface area contributed by atoms with E-state index in [9.17, 15) is 4.79 Å². The van der Waals surface area contributed by atoms with Crippen LogP contribution in [0.1, 0.15) is 40.9 Å². The molecule has 2 heterocycles. The lowest BCUT2D eigenvalue weighted by atomic mass is 10.0. The van der Waals surface area contributed by atoms with Gasteiger partial charge in [0.15, 0.2) is 5.69 Å². The number of methoxy groups -OCH3 is 1. The number of fused-ring (bicyclic) bond motifs is 1. The Hall–Kier alpha value is -1.49. The van der Waals surface area contributed by atoms with E-state index in [2.05, 4.69) is 22.2 Å². The minimum atomic E-state index is -0.358. The van der Waals surface area contributed by atoms with Gasteiger partial charge in [-0.25, -0.2) is 14.8 Å². The largest absolute Gasteiger partial charge is 0.464 e. The van der Waals surface area contributed by atoms with Gasteiger partial charge in [-0.15, -0.1) is 0 Å². The van der Waals surface area contributed by atoms with Crippen LogP contribution in [0.2, 0.25) is 0 Å². The Labute approximate surface area is 101 Å². The highest BCUT2D eigenvalue weighted by molar-refractivity contribution is 5.89. The lowest BCUT2D eigenvalue weighted by Gasteiger charge is -2.18. The van der Waals surface area contributed by atoms with Gasteiger partial charge < -0.3 is 10.1 Å². The van der Waals surface area contributed by atoms with Gasteiger partial charge in [-0.3, -0.25) is 0 Å². The summed E-state index contributed by atoms with van der Waals surface area (Å²) in [6, 6.07) is 0. The van der Waals surface area contributed by atoms with Crippen LogP contribution in [-0.4, -0.2) is 29.6 Å². The standard InChI is InChI=1S/C12H17N3O2/c1-3-4-10-14-9-7-13-6-5-8(9)11(15-10)12(16)17-2/h13H,3-7H2,1-2H3. The summed E-state index contributed by atoms with van der Waals surface area (Å²) in [4.78, 5) is 20.5. The molecule has 1 N–H and O–H groups in total. The Morgan fingerprint density at radius 3 is 3.00 bits per heavy atom. The predicted molar refractivity (Wildman–Crippen MR) is 62.8 cm³/mol. The number of ether oxygens (including phenoxy) is 1. The van der Waals surface area contributed by atoms with Crippen molar-refractivity contribution in [1.82, 2.24) is 15.3 Å². The minimum absolute atomic E-state index is 0.358. The third-order valence-corrected chi connectivity index (χ3v) is 2.84. The number of aromatic nitrogens is 2. The third kappa shape index (κ3) is 2.44. The summed E-state index contributed by atoms with van der Waals surface area (Å²) in [6.07, 6.45) is 2.54. The quantitative estimate of drug-likeness (QED) is 0.787. The molecule has 0 radical (unpaired) electrons. The third-order valence-electron chi connectivity index (χ3n) is 2.84. The molecular weight excluding hydrogens is 218 g/mol. The monoisotopic (exact) mass is 235 g/mol. The SMILES string of the molecule is CCCc1nc2c(c(C(=O)OC)n1)CCNC2. The van der Waals surface area contributed by atoms with Crippen LogP contribution in [0.15, 0.2) is 0 Å². The zero-order chi connectivity index (χ0) is 12.3. The summed E-state index contributed by atoms with van der Waals surface area (Å²) < 4.78 is 4.79. The van der Waals surface area contributed by atoms with E-state index in [0.717, 1.165) is 42.9 Å². The van der Waals surface area contributed by atoms with Gasteiger partial charge in [-0.1, -0.05) is 6.92 Å². The van der Waals surface area contributed by atoms with Gasteiger partial charge in [0, 0.05) is 18.5 Å². The second kappa shape index (κ2) is 5.23. The molecule has 0 aromatic carbocycles. The zero-order valence-corrected chi connectivity index (χ0v) is 10.2. The molecule has 0 spiro atoms. The molecule has 0 saturated heterocycles. The summed E-state index contributed by atoms with van der Waals surface area (Å²) in [5.74, 6) is 0.373. The molecule has 0 atom stereocenters. The second-order valence-electron chi connectivity index (χ2n) is 4.08. The van der Waals surface area contributed by atoms with Crippen molar-refractivity contribution in [3.63, 3.8) is 0 Å². The van der Waals surface area contributed by atoms with E-state index in [1.54, 1.807) is 0 Å². The maximum atomic E-state index is 11.7. The van der Waals surface area contributed by atoms with E-state index in [0.29, 0.717) is 12.2 Å². The first-order valence-corrected chi connectivity index (χ1v) is 5.94. The van der Waals surface area contributed by atoms with Crippen LogP contribution in [-0.2, 0) is 24.1 Å². The van der Waals surface area contributed by atoms with Crippen molar-refractivity contribution in [2.45, 2.75) is 32.7 Å². The second-order valence-corrected chi connectivity index (χ2v) is 4.08. The van der Waals surface area contributed by atoms with Gasteiger partial charge in [-0.2, -0.15) is 0 Å². The number of hydrogen-bond donors (Lipinski definition) is 1. The van der Waals surface area contributed by atoms with E-state index in [-0.39, 0.29) is 5.97 Å². The molecule has 0 unspecified atom stereocenters. The highest BCUT2D eigenvalue weighted by Gasteiger charge is 2.22. The van der Waals surface area contributed by atoms with Crippen LogP contribution in [0.4, 0.5) is 0 Å².